The van der Waals surface area contributed by atoms with Crippen LogP contribution in [-0.4, -0.2) is 89.3 Å². The van der Waals surface area contributed by atoms with E-state index in [2.05, 4.69) is 10.6 Å². The lowest BCUT2D eigenvalue weighted by atomic mass is 9.83. The Balaban J connectivity index is 1.43. The van der Waals surface area contributed by atoms with Gasteiger partial charge in [-0.3, -0.25) is 19.2 Å². The average Bonchev–Trinajstić information content (AvgIpc) is 3.37. The molecule has 1 saturated carbocycles. The first kappa shape index (κ1) is 31.6. The van der Waals surface area contributed by atoms with Crippen LogP contribution in [0.4, 0.5) is 4.39 Å². The van der Waals surface area contributed by atoms with Gasteiger partial charge in [-0.05, 0) is 69.3 Å². The van der Waals surface area contributed by atoms with Crippen molar-refractivity contribution in [1.82, 2.24) is 25.3 Å². The quantitative estimate of drug-likeness (QED) is 0.434. The van der Waals surface area contributed by atoms with Gasteiger partial charge in [0.1, 0.15) is 30.6 Å². The Labute approximate surface area is 259 Å². The van der Waals surface area contributed by atoms with Gasteiger partial charge in [0.15, 0.2) is 0 Å². The zero-order chi connectivity index (χ0) is 31.4. The molecule has 2 saturated heterocycles. The number of carbonyl (C=O) groups is 4. The molecule has 3 aliphatic rings. The summed E-state index contributed by atoms with van der Waals surface area (Å²) in [5.41, 5.74) is 2.92. The van der Waals surface area contributed by atoms with Crippen LogP contribution in [0.2, 0.25) is 0 Å². The standard InChI is InChI=1S/C34H44FN5O4/c1-22-9-11-25(12-10-22)19-28-33(43)38(18-17-24-13-15-27(35)16-14-24)20-29-39(21-30(41)40(28)29)34(44)31(26-7-5-4-6-8-26)37-32(42)23(2)36-3/h9-16,23,26,28-29,31,36H,4-8,17-21H2,1-3H3,(H,37,42). The molecule has 2 aromatic carbocycles. The molecule has 2 N–H and O–H groups in total. The van der Waals surface area contributed by atoms with Crippen LogP contribution in [0.25, 0.3) is 0 Å². The van der Waals surface area contributed by atoms with E-state index in [0.29, 0.717) is 19.4 Å². The van der Waals surface area contributed by atoms with E-state index in [4.69, 9.17) is 0 Å². The van der Waals surface area contributed by atoms with E-state index in [1.807, 2.05) is 31.2 Å². The van der Waals surface area contributed by atoms with Crippen LogP contribution < -0.4 is 10.6 Å². The Morgan fingerprint density at radius 2 is 1.64 bits per heavy atom. The second-order valence-electron chi connectivity index (χ2n) is 12.5. The largest absolute Gasteiger partial charge is 0.343 e. The van der Waals surface area contributed by atoms with Gasteiger partial charge in [-0.25, -0.2) is 4.39 Å². The number of amides is 4. The first-order chi connectivity index (χ1) is 21.2. The van der Waals surface area contributed by atoms with Crippen LogP contribution in [0.1, 0.15) is 55.7 Å². The van der Waals surface area contributed by atoms with Gasteiger partial charge in [0.25, 0.3) is 0 Å². The van der Waals surface area contributed by atoms with Crippen molar-refractivity contribution in [2.75, 3.05) is 26.7 Å². The molecule has 0 bridgehead atoms. The van der Waals surface area contributed by atoms with Crippen LogP contribution in [0.5, 0.6) is 0 Å². The number of piperazine rings is 1. The molecule has 1 aliphatic carbocycles. The minimum atomic E-state index is -0.762. The summed E-state index contributed by atoms with van der Waals surface area (Å²) in [5, 5.41) is 5.96. The van der Waals surface area contributed by atoms with Gasteiger partial charge in [-0.2, -0.15) is 0 Å². The Hall–Kier alpha value is -3.79. The number of likely N-dealkylation sites (N-methyl/N-ethyl adjacent to an activating group) is 1. The molecule has 44 heavy (non-hydrogen) atoms. The minimum absolute atomic E-state index is 0.0171. The number of rotatable bonds is 10. The number of hydrogen-bond donors (Lipinski definition) is 2. The number of benzene rings is 2. The highest BCUT2D eigenvalue weighted by molar-refractivity contribution is 5.97. The van der Waals surface area contributed by atoms with Crippen LogP contribution in [-0.2, 0) is 32.0 Å². The molecule has 9 nitrogen and oxygen atoms in total. The van der Waals surface area contributed by atoms with Gasteiger partial charge < -0.3 is 25.3 Å². The van der Waals surface area contributed by atoms with Crippen LogP contribution in [0.3, 0.4) is 0 Å². The summed E-state index contributed by atoms with van der Waals surface area (Å²) < 4.78 is 13.5. The van der Waals surface area contributed by atoms with E-state index in [0.717, 1.165) is 48.8 Å². The highest BCUT2D eigenvalue weighted by Gasteiger charge is 2.52. The van der Waals surface area contributed by atoms with E-state index in [1.54, 1.807) is 40.8 Å². The molecule has 4 amide bonds. The number of nitrogens with one attached hydrogen (secondary N) is 2. The molecule has 0 aromatic heterocycles. The molecule has 10 heteroatoms. The maximum Gasteiger partial charge on any atom is 0.247 e. The summed E-state index contributed by atoms with van der Waals surface area (Å²) in [6.07, 6.45) is 4.96. The maximum absolute atomic E-state index is 14.4. The second kappa shape index (κ2) is 13.9. The highest BCUT2D eigenvalue weighted by Crippen LogP contribution is 2.32. The number of aryl methyl sites for hydroxylation is 1. The molecule has 2 aromatic rings. The fraction of sp³-hybridized carbons (Fsp3) is 0.529. The van der Waals surface area contributed by atoms with Gasteiger partial charge in [-0.1, -0.05) is 61.2 Å². The van der Waals surface area contributed by atoms with Crippen molar-refractivity contribution in [2.24, 2.45) is 5.92 Å². The fourth-order valence-electron chi connectivity index (χ4n) is 6.75. The Kier molecular flexibility index (Phi) is 9.98. The predicted molar refractivity (Wildman–Crippen MR) is 165 cm³/mol. The lowest BCUT2D eigenvalue weighted by Crippen LogP contribution is -2.66. The molecule has 5 rings (SSSR count). The SMILES string of the molecule is CNC(C)C(=O)NC(C(=O)N1CC(=O)N2C(Cc3ccc(C)cc3)C(=O)N(CCc3ccc(F)cc3)CC12)C1CCCCC1. The van der Waals surface area contributed by atoms with E-state index in [1.165, 1.54) is 12.1 Å². The van der Waals surface area contributed by atoms with E-state index in [9.17, 15) is 23.6 Å². The molecular weight excluding hydrogens is 561 g/mol. The van der Waals surface area contributed by atoms with Crippen molar-refractivity contribution in [3.8, 4) is 0 Å². The van der Waals surface area contributed by atoms with E-state index < -0.39 is 24.3 Å². The highest BCUT2D eigenvalue weighted by atomic mass is 19.1. The smallest absolute Gasteiger partial charge is 0.247 e. The van der Waals surface area contributed by atoms with Crippen LogP contribution in [0.15, 0.2) is 48.5 Å². The second-order valence-corrected chi connectivity index (χ2v) is 12.5. The first-order valence-electron chi connectivity index (χ1n) is 15.8. The lowest BCUT2D eigenvalue weighted by Gasteiger charge is -2.45. The van der Waals surface area contributed by atoms with Gasteiger partial charge in [-0.15, -0.1) is 0 Å². The molecule has 2 heterocycles. The molecule has 236 valence electrons. The topological polar surface area (TPSA) is 102 Å². The first-order valence-corrected chi connectivity index (χ1v) is 15.8. The van der Waals surface area contributed by atoms with Gasteiger partial charge in [0.2, 0.25) is 23.6 Å². The van der Waals surface area contributed by atoms with E-state index >= 15 is 0 Å². The van der Waals surface area contributed by atoms with Crippen molar-refractivity contribution in [2.45, 2.75) is 83.1 Å². The minimum Gasteiger partial charge on any atom is -0.343 e. The number of hydrogen-bond acceptors (Lipinski definition) is 5. The third-order valence-corrected chi connectivity index (χ3v) is 9.52. The maximum atomic E-state index is 14.4. The third-order valence-electron chi connectivity index (χ3n) is 9.52. The van der Waals surface area contributed by atoms with Gasteiger partial charge >= 0.3 is 0 Å². The molecule has 2 aliphatic heterocycles. The zero-order valence-electron chi connectivity index (χ0n) is 25.9. The fourth-order valence-corrected chi connectivity index (χ4v) is 6.75. The monoisotopic (exact) mass is 605 g/mol. The molecule has 3 fully saturated rings. The predicted octanol–water partition coefficient (Wildman–Crippen LogP) is 2.80. The summed E-state index contributed by atoms with van der Waals surface area (Å²) in [7, 11) is 1.70. The number of halogens is 1. The van der Waals surface area contributed by atoms with Crippen molar-refractivity contribution < 1.29 is 23.6 Å². The summed E-state index contributed by atoms with van der Waals surface area (Å²) in [4.78, 5) is 59.9. The number of fused-ring (bicyclic) bond motifs is 1. The molecule has 0 radical (unpaired) electrons. The molecule has 0 spiro atoms. The Morgan fingerprint density at radius 3 is 2.30 bits per heavy atom. The normalized spacial score (nSPS) is 22.1. The van der Waals surface area contributed by atoms with E-state index in [-0.39, 0.29) is 48.5 Å². The van der Waals surface area contributed by atoms with Crippen molar-refractivity contribution >= 4 is 23.6 Å². The van der Waals surface area contributed by atoms with Gasteiger partial charge in [0, 0.05) is 13.0 Å². The molecular formula is C34H44FN5O4. The van der Waals surface area contributed by atoms with Crippen LogP contribution >= 0.6 is 0 Å². The van der Waals surface area contributed by atoms with Crippen molar-refractivity contribution in [3.63, 3.8) is 0 Å². The Bertz CT molecular complexity index is 1340. The average molecular weight is 606 g/mol. The molecule has 4 unspecified atom stereocenters. The summed E-state index contributed by atoms with van der Waals surface area (Å²) in [6.45, 7) is 4.17. The Morgan fingerprint density at radius 1 is 0.977 bits per heavy atom. The van der Waals surface area contributed by atoms with Crippen molar-refractivity contribution in [3.05, 3.63) is 71.0 Å². The van der Waals surface area contributed by atoms with Crippen LogP contribution in [0, 0.1) is 18.7 Å². The number of nitrogens with zero attached hydrogens (tertiary/aromatic N) is 3. The van der Waals surface area contributed by atoms with Crippen molar-refractivity contribution in [1.29, 1.82) is 0 Å². The third kappa shape index (κ3) is 6.96. The van der Waals surface area contributed by atoms with Gasteiger partial charge in [0.05, 0.1) is 12.6 Å². The lowest BCUT2D eigenvalue weighted by molar-refractivity contribution is -0.156. The zero-order valence-corrected chi connectivity index (χ0v) is 25.9. The summed E-state index contributed by atoms with van der Waals surface area (Å²) in [6, 6.07) is 12.1. The summed E-state index contributed by atoms with van der Waals surface area (Å²) in [5.74, 6) is -1.28. The summed E-state index contributed by atoms with van der Waals surface area (Å²) >= 11 is 0. The number of carbonyl (C=O) groups excluding carboxylic acids is 4. The molecule has 4 atom stereocenters.